The predicted octanol–water partition coefficient (Wildman–Crippen LogP) is 5.19. The molecule has 4 aromatic rings. The topological polar surface area (TPSA) is 89.6 Å². The van der Waals surface area contributed by atoms with Gasteiger partial charge in [0, 0.05) is 22.8 Å². The minimum atomic E-state index is -0.444. The van der Waals surface area contributed by atoms with Gasteiger partial charge in [0.1, 0.15) is 16.4 Å². The molecule has 0 aliphatic heterocycles. The van der Waals surface area contributed by atoms with Crippen molar-refractivity contribution in [2.75, 3.05) is 19.5 Å². The van der Waals surface area contributed by atoms with Crippen molar-refractivity contribution in [2.45, 2.75) is 0 Å². The van der Waals surface area contributed by atoms with Gasteiger partial charge in [0.2, 0.25) is 5.78 Å². The highest BCUT2D eigenvalue weighted by Gasteiger charge is 2.21. The van der Waals surface area contributed by atoms with Crippen molar-refractivity contribution in [2.24, 2.45) is 0 Å². The zero-order valence-electron chi connectivity index (χ0n) is 18.9. The number of nitrogens with one attached hydrogen (secondary N) is 2. The van der Waals surface area contributed by atoms with Gasteiger partial charge in [0.15, 0.2) is 10.2 Å². The van der Waals surface area contributed by atoms with Crippen molar-refractivity contribution in [1.82, 2.24) is 10.3 Å². The summed E-state index contributed by atoms with van der Waals surface area (Å²) in [4.78, 5) is 31.1. The van der Waals surface area contributed by atoms with E-state index in [1.54, 1.807) is 30.3 Å². The van der Waals surface area contributed by atoms with Gasteiger partial charge in [0.05, 0.1) is 19.9 Å². The second kappa shape index (κ2) is 10.9. The molecule has 7 nitrogen and oxygen atoms in total. The highest BCUT2D eigenvalue weighted by Crippen LogP contribution is 2.33. The number of hydrogen-bond acceptors (Lipinski definition) is 7. The molecule has 4 rings (SSSR count). The number of amides is 1. The average molecular weight is 504 g/mol. The summed E-state index contributed by atoms with van der Waals surface area (Å²) in [6, 6.07) is 23.3. The summed E-state index contributed by atoms with van der Waals surface area (Å²) < 4.78 is 10.4. The first-order chi connectivity index (χ1) is 17.0. The Morgan fingerprint density at radius 1 is 0.857 bits per heavy atom. The van der Waals surface area contributed by atoms with Gasteiger partial charge in [0.25, 0.3) is 5.91 Å². The lowest BCUT2D eigenvalue weighted by molar-refractivity contribution is 0.0976. The van der Waals surface area contributed by atoms with Crippen LogP contribution in [0.1, 0.15) is 25.6 Å². The van der Waals surface area contributed by atoms with Gasteiger partial charge in [-0.05, 0) is 24.4 Å². The lowest BCUT2D eigenvalue weighted by Gasteiger charge is -2.10. The number of ketones is 1. The molecular weight excluding hydrogens is 482 g/mol. The number of hydrogen-bond donors (Lipinski definition) is 2. The van der Waals surface area contributed by atoms with E-state index in [1.165, 1.54) is 25.6 Å². The predicted molar refractivity (Wildman–Crippen MR) is 141 cm³/mol. The SMILES string of the molecule is COc1cc(OC)cc(C(=O)NC(=S)Nc2nc(-c3ccccc3)c(C(=O)c3ccccc3)s2)c1. The lowest BCUT2D eigenvalue weighted by Crippen LogP contribution is -2.34. The molecule has 0 aliphatic rings. The maximum Gasteiger partial charge on any atom is 0.257 e. The third kappa shape index (κ3) is 5.71. The van der Waals surface area contributed by atoms with Crippen LogP contribution in [0.4, 0.5) is 5.13 Å². The number of anilines is 1. The fourth-order valence-corrected chi connectivity index (χ4v) is 4.49. The number of carbonyl (C=O) groups is 2. The van der Waals surface area contributed by atoms with Gasteiger partial charge >= 0.3 is 0 Å². The Bertz CT molecular complexity index is 1350. The molecule has 176 valence electrons. The molecule has 0 spiro atoms. The first-order valence-corrected chi connectivity index (χ1v) is 11.7. The van der Waals surface area contributed by atoms with Crippen LogP contribution in [0.2, 0.25) is 0 Å². The Balaban J connectivity index is 1.57. The van der Waals surface area contributed by atoms with Gasteiger partial charge in [-0.25, -0.2) is 4.98 Å². The Hall–Kier alpha value is -4.08. The van der Waals surface area contributed by atoms with Crippen LogP contribution in [0, 0.1) is 0 Å². The summed E-state index contributed by atoms with van der Waals surface area (Å²) in [6.07, 6.45) is 0. The fourth-order valence-electron chi connectivity index (χ4n) is 3.28. The monoisotopic (exact) mass is 503 g/mol. The average Bonchev–Trinajstić information content (AvgIpc) is 3.32. The van der Waals surface area contributed by atoms with Crippen LogP contribution in [0.15, 0.2) is 78.9 Å². The quantitative estimate of drug-likeness (QED) is 0.265. The molecule has 1 aromatic heterocycles. The summed E-state index contributed by atoms with van der Waals surface area (Å²) >= 11 is 6.51. The van der Waals surface area contributed by atoms with Crippen LogP contribution in [0.5, 0.6) is 11.5 Å². The zero-order valence-corrected chi connectivity index (χ0v) is 20.5. The number of rotatable bonds is 7. The van der Waals surface area contributed by atoms with Crippen LogP contribution in [-0.4, -0.2) is 36.0 Å². The van der Waals surface area contributed by atoms with Gasteiger partial charge in [-0.1, -0.05) is 72.0 Å². The lowest BCUT2D eigenvalue weighted by atomic mass is 10.1. The van der Waals surface area contributed by atoms with Crippen molar-refractivity contribution in [1.29, 1.82) is 0 Å². The summed E-state index contributed by atoms with van der Waals surface area (Å²) in [5, 5.41) is 5.99. The van der Waals surface area contributed by atoms with Crippen LogP contribution in [-0.2, 0) is 0 Å². The standard InChI is InChI=1S/C26H21N3O4S2/c1-32-19-13-18(14-20(15-19)33-2)24(31)28-25(34)29-26-27-21(16-9-5-3-6-10-16)23(35-26)22(30)17-11-7-4-8-12-17/h3-15H,1-2H3,(H2,27,28,29,31,34). The number of thiazole rings is 1. The second-order valence-corrected chi connectivity index (χ2v) is 8.67. The molecule has 0 saturated carbocycles. The van der Waals surface area contributed by atoms with Crippen molar-refractivity contribution >= 4 is 45.5 Å². The van der Waals surface area contributed by atoms with E-state index in [0.29, 0.717) is 38.3 Å². The highest BCUT2D eigenvalue weighted by molar-refractivity contribution is 7.80. The molecule has 3 aromatic carbocycles. The Morgan fingerprint density at radius 3 is 2.06 bits per heavy atom. The van der Waals surface area contributed by atoms with Gasteiger partial charge in [-0.15, -0.1) is 0 Å². The molecule has 1 heterocycles. The van der Waals surface area contributed by atoms with Crippen LogP contribution in [0.3, 0.4) is 0 Å². The molecule has 1 amide bonds. The molecular formula is C26H21N3O4S2. The number of ether oxygens (including phenoxy) is 2. The summed E-state index contributed by atoms with van der Waals surface area (Å²) in [7, 11) is 3.01. The van der Waals surface area contributed by atoms with E-state index in [0.717, 1.165) is 5.56 Å². The minimum Gasteiger partial charge on any atom is -0.497 e. The Kier molecular flexibility index (Phi) is 7.49. The number of aromatic nitrogens is 1. The molecule has 0 aliphatic carbocycles. The van der Waals surface area contributed by atoms with E-state index in [2.05, 4.69) is 15.6 Å². The van der Waals surface area contributed by atoms with Crippen LogP contribution < -0.4 is 20.1 Å². The maximum atomic E-state index is 13.2. The van der Waals surface area contributed by atoms with E-state index in [-0.39, 0.29) is 10.9 Å². The Labute approximate surface area is 211 Å². The van der Waals surface area contributed by atoms with E-state index in [9.17, 15) is 9.59 Å². The van der Waals surface area contributed by atoms with E-state index in [4.69, 9.17) is 21.7 Å². The van der Waals surface area contributed by atoms with Gasteiger partial charge in [-0.2, -0.15) is 0 Å². The normalized spacial score (nSPS) is 10.3. The van der Waals surface area contributed by atoms with Crippen LogP contribution >= 0.6 is 23.6 Å². The number of methoxy groups -OCH3 is 2. The number of benzene rings is 3. The minimum absolute atomic E-state index is 0.0452. The third-order valence-corrected chi connectivity index (χ3v) is 6.15. The second-order valence-electron chi connectivity index (χ2n) is 7.27. The molecule has 0 atom stereocenters. The summed E-state index contributed by atoms with van der Waals surface area (Å²) in [5.74, 6) is 0.364. The van der Waals surface area contributed by atoms with Crippen molar-refractivity contribution in [3.8, 4) is 22.8 Å². The maximum absolute atomic E-state index is 13.2. The number of thiocarbonyl (C=S) groups is 1. The van der Waals surface area contributed by atoms with E-state index < -0.39 is 5.91 Å². The summed E-state index contributed by atoms with van der Waals surface area (Å²) in [5.41, 5.74) is 2.21. The smallest absolute Gasteiger partial charge is 0.257 e. The summed E-state index contributed by atoms with van der Waals surface area (Å²) in [6.45, 7) is 0. The van der Waals surface area contributed by atoms with Gasteiger partial charge in [-0.3, -0.25) is 14.9 Å². The van der Waals surface area contributed by atoms with Crippen molar-refractivity contribution < 1.29 is 19.1 Å². The fraction of sp³-hybridized carbons (Fsp3) is 0.0769. The number of nitrogens with zero attached hydrogens (tertiary/aromatic N) is 1. The molecule has 0 unspecified atom stereocenters. The first-order valence-electron chi connectivity index (χ1n) is 10.5. The molecule has 35 heavy (non-hydrogen) atoms. The van der Waals surface area contributed by atoms with E-state index in [1.807, 2.05) is 48.5 Å². The molecule has 0 radical (unpaired) electrons. The molecule has 9 heteroatoms. The molecule has 0 saturated heterocycles. The molecule has 2 N–H and O–H groups in total. The molecule has 0 bridgehead atoms. The highest BCUT2D eigenvalue weighted by atomic mass is 32.1. The van der Waals surface area contributed by atoms with E-state index >= 15 is 0 Å². The zero-order chi connectivity index (χ0) is 24.8. The van der Waals surface area contributed by atoms with Crippen molar-refractivity contribution in [3.63, 3.8) is 0 Å². The number of carbonyl (C=O) groups excluding carboxylic acids is 2. The Morgan fingerprint density at radius 2 is 1.46 bits per heavy atom. The van der Waals surface area contributed by atoms with Gasteiger partial charge < -0.3 is 14.8 Å². The largest absolute Gasteiger partial charge is 0.497 e. The molecule has 0 fully saturated rings. The van der Waals surface area contributed by atoms with Crippen LogP contribution in [0.25, 0.3) is 11.3 Å². The first kappa shape index (κ1) is 24.1. The van der Waals surface area contributed by atoms with Crippen molar-refractivity contribution in [3.05, 3.63) is 94.9 Å². The third-order valence-electron chi connectivity index (χ3n) is 4.98.